The van der Waals surface area contributed by atoms with Gasteiger partial charge in [-0.1, -0.05) is 134 Å². The molecule has 0 radical (unpaired) electrons. The fourth-order valence-corrected chi connectivity index (χ4v) is 7.07. The summed E-state index contributed by atoms with van der Waals surface area (Å²) < 4.78 is 45.6. The molecule has 0 N–H and O–H groups in total. The normalized spacial score (nSPS) is 13.1. The van der Waals surface area contributed by atoms with Crippen molar-refractivity contribution in [2.24, 2.45) is 0 Å². The summed E-state index contributed by atoms with van der Waals surface area (Å²) in [6.45, 7) is 2.13. The predicted molar refractivity (Wildman–Crippen MR) is 199 cm³/mol. The van der Waals surface area contributed by atoms with Crippen LogP contribution in [0, 0.1) is 0 Å². The van der Waals surface area contributed by atoms with Crippen molar-refractivity contribution < 1.29 is 6.85 Å². The monoisotopic (exact) mass is 605 g/mol. The first-order valence-corrected chi connectivity index (χ1v) is 16.0. The molecule has 0 aliphatic rings. The van der Waals surface area contributed by atoms with Gasteiger partial charge in [-0.15, -0.1) is 0 Å². The molecule has 2 heteroatoms. The summed E-state index contributed by atoms with van der Waals surface area (Å²) in [5.74, 6) is 1.02. The first-order valence-electron chi connectivity index (χ1n) is 18.5. The van der Waals surface area contributed by atoms with Crippen LogP contribution >= 0.6 is 0 Å². The van der Waals surface area contributed by atoms with Gasteiger partial charge in [-0.25, -0.2) is 4.98 Å². The van der Waals surface area contributed by atoms with E-state index in [9.17, 15) is 0 Å². The molecule has 0 spiro atoms. The highest BCUT2D eigenvalue weighted by molar-refractivity contribution is 6.22. The Kier molecular flexibility index (Phi) is 5.32. The number of aryl methyl sites for hydroxylation is 1. The second kappa shape index (κ2) is 11.1. The van der Waals surface area contributed by atoms with Crippen LogP contribution in [0.5, 0.6) is 0 Å². The SMILES string of the molecule is [2H]c1c([2H])c([2H])c(-c2c3ccccc3c(-c3ccc4cc(-n5c(CC)nc6ccccc65)ccc4c3)c3ccc(-c4ccccc4)cc23)c([2H])c1[2H]. The van der Waals surface area contributed by atoms with E-state index in [0.29, 0.717) is 5.56 Å². The number of para-hydroxylation sites is 2. The number of rotatable bonds is 5. The lowest BCUT2D eigenvalue weighted by Gasteiger charge is -2.19. The van der Waals surface area contributed by atoms with Gasteiger partial charge in [0.05, 0.1) is 17.9 Å². The number of benzene rings is 8. The van der Waals surface area contributed by atoms with Crippen molar-refractivity contribution in [3.05, 3.63) is 169 Å². The van der Waals surface area contributed by atoms with E-state index >= 15 is 0 Å². The third-order valence-electron chi connectivity index (χ3n) is 9.20. The summed E-state index contributed by atoms with van der Waals surface area (Å²) in [7, 11) is 0. The third kappa shape index (κ3) is 4.53. The molecule has 0 aliphatic carbocycles. The van der Waals surface area contributed by atoms with Crippen LogP contribution in [-0.2, 0) is 6.42 Å². The molecule has 0 saturated carbocycles. The Morgan fingerprint density at radius 2 is 1.19 bits per heavy atom. The highest BCUT2D eigenvalue weighted by Crippen LogP contribution is 2.45. The van der Waals surface area contributed by atoms with Crippen molar-refractivity contribution in [1.82, 2.24) is 9.55 Å². The van der Waals surface area contributed by atoms with E-state index in [4.69, 9.17) is 11.8 Å². The van der Waals surface area contributed by atoms with Crippen LogP contribution in [0.1, 0.15) is 19.6 Å². The van der Waals surface area contributed by atoms with Crippen LogP contribution in [0.3, 0.4) is 0 Å². The molecule has 1 heterocycles. The fraction of sp³-hybridized carbons (Fsp3) is 0.0444. The van der Waals surface area contributed by atoms with Crippen molar-refractivity contribution in [2.75, 3.05) is 0 Å². The van der Waals surface area contributed by atoms with Gasteiger partial charge >= 0.3 is 0 Å². The summed E-state index contributed by atoms with van der Waals surface area (Å²) in [5.41, 5.74) is 8.04. The molecule has 0 aliphatic heterocycles. The average Bonchev–Trinajstić information content (AvgIpc) is 3.58. The largest absolute Gasteiger partial charge is 0.296 e. The van der Waals surface area contributed by atoms with Gasteiger partial charge in [0.2, 0.25) is 0 Å². The second-order valence-electron chi connectivity index (χ2n) is 11.9. The predicted octanol–water partition coefficient (Wildman–Crippen LogP) is 12.0. The minimum absolute atomic E-state index is 0.202. The number of aromatic nitrogens is 2. The Balaban J connectivity index is 1.32. The number of hydrogen-bond acceptors (Lipinski definition) is 1. The van der Waals surface area contributed by atoms with Crippen LogP contribution in [0.2, 0.25) is 0 Å². The minimum atomic E-state index is -0.402. The maximum absolute atomic E-state index is 9.01. The first-order chi connectivity index (χ1) is 25.3. The summed E-state index contributed by atoms with van der Waals surface area (Å²) >= 11 is 0. The molecule has 0 unspecified atom stereocenters. The van der Waals surface area contributed by atoms with Gasteiger partial charge in [0, 0.05) is 12.1 Å². The van der Waals surface area contributed by atoms with E-state index in [-0.39, 0.29) is 29.7 Å². The standard InChI is InChI=1S/C45H32N2/c1-2-43-46-41-19-11-12-20-42(41)47(43)36-25-23-32-27-35(22-21-33(32)28-36)45-38-18-10-9-17-37(38)44(31-15-7-4-8-16-31)40-29-34(24-26-39(40)45)30-13-5-3-6-14-30/h3-29H,2H2,1H3/i4D,7D,8D,15D,16D. The molecule has 2 nitrogen and oxygen atoms in total. The molecular weight excluding hydrogens is 569 g/mol. The number of hydrogen-bond donors (Lipinski definition) is 0. The molecule has 222 valence electrons. The van der Waals surface area contributed by atoms with Gasteiger partial charge in [0.25, 0.3) is 0 Å². The Morgan fingerprint density at radius 3 is 2.00 bits per heavy atom. The Labute approximate surface area is 281 Å². The van der Waals surface area contributed by atoms with E-state index in [1.165, 1.54) is 0 Å². The summed E-state index contributed by atoms with van der Waals surface area (Å²) in [5, 5.41) is 5.73. The van der Waals surface area contributed by atoms with Crippen molar-refractivity contribution >= 4 is 43.4 Å². The van der Waals surface area contributed by atoms with Gasteiger partial charge in [-0.05, 0) is 102 Å². The molecule has 9 aromatic rings. The van der Waals surface area contributed by atoms with Crippen LogP contribution < -0.4 is 0 Å². The lowest BCUT2D eigenvalue weighted by Crippen LogP contribution is -2.00. The van der Waals surface area contributed by atoms with E-state index in [1.54, 1.807) is 0 Å². The molecule has 9 rings (SSSR count). The van der Waals surface area contributed by atoms with Gasteiger partial charge < -0.3 is 0 Å². The zero-order chi connectivity index (χ0) is 35.7. The van der Waals surface area contributed by atoms with Crippen molar-refractivity contribution in [1.29, 1.82) is 0 Å². The second-order valence-corrected chi connectivity index (χ2v) is 11.9. The molecule has 0 amide bonds. The van der Waals surface area contributed by atoms with Crippen LogP contribution in [0.25, 0.3) is 82.4 Å². The zero-order valence-corrected chi connectivity index (χ0v) is 25.8. The number of nitrogens with zero attached hydrogens (tertiary/aromatic N) is 2. The summed E-state index contributed by atoms with van der Waals surface area (Å²) in [6, 6.07) is 44.2. The van der Waals surface area contributed by atoms with E-state index in [0.717, 1.165) is 83.5 Å². The molecule has 0 saturated heterocycles. The Morgan fingerprint density at radius 1 is 0.532 bits per heavy atom. The third-order valence-corrected chi connectivity index (χ3v) is 9.20. The van der Waals surface area contributed by atoms with Crippen LogP contribution in [-0.4, -0.2) is 9.55 Å². The lowest BCUT2D eigenvalue weighted by atomic mass is 9.84. The van der Waals surface area contributed by atoms with E-state index in [1.807, 2.05) is 48.5 Å². The first kappa shape index (κ1) is 22.5. The smallest absolute Gasteiger partial charge is 0.114 e. The fourth-order valence-electron chi connectivity index (χ4n) is 7.07. The van der Waals surface area contributed by atoms with E-state index < -0.39 is 6.04 Å². The highest BCUT2D eigenvalue weighted by Gasteiger charge is 2.18. The molecule has 1 aromatic heterocycles. The van der Waals surface area contributed by atoms with Crippen molar-refractivity contribution in [3.8, 4) is 39.1 Å². The molecule has 0 fully saturated rings. The highest BCUT2D eigenvalue weighted by atomic mass is 15.1. The topological polar surface area (TPSA) is 17.8 Å². The minimum Gasteiger partial charge on any atom is -0.296 e. The molecular formula is C45H32N2. The van der Waals surface area contributed by atoms with Crippen molar-refractivity contribution in [2.45, 2.75) is 13.3 Å². The molecule has 0 atom stereocenters. The number of fused-ring (bicyclic) bond motifs is 4. The molecule has 0 bridgehead atoms. The van der Waals surface area contributed by atoms with Gasteiger partial charge in [-0.3, -0.25) is 4.57 Å². The van der Waals surface area contributed by atoms with E-state index in [2.05, 4.69) is 96.4 Å². The maximum atomic E-state index is 9.01. The van der Waals surface area contributed by atoms with Crippen LogP contribution in [0.15, 0.2) is 164 Å². The molecule has 8 aromatic carbocycles. The van der Waals surface area contributed by atoms with Crippen molar-refractivity contribution in [3.63, 3.8) is 0 Å². The Bertz CT molecular complexity index is 2870. The van der Waals surface area contributed by atoms with Gasteiger partial charge in [-0.2, -0.15) is 0 Å². The van der Waals surface area contributed by atoms with Gasteiger partial charge in [0.15, 0.2) is 0 Å². The average molecular weight is 606 g/mol. The number of imidazole rings is 1. The Hall–Kier alpha value is -5.99. The molecule has 47 heavy (non-hydrogen) atoms. The summed E-state index contributed by atoms with van der Waals surface area (Å²) in [6.07, 6.45) is 0.816. The lowest BCUT2D eigenvalue weighted by molar-refractivity contribution is 0.909. The van der Waals surface area contributed by atoms with Crippen LogP contribution in [0.4, 0.5) is 0 Å². The quantitative estimate of drug-likeness (QED) is 0.178. The summed E-state index contributed by atoms with van der Waals surface area (Å²) in [4.78, 5) is 4.89. The zero-order valence-electron chi connectivity index (χ0n) is 30.8. The van der Waals surface area contributed by atoms with Gasteiger partial charge in [0.1, 0.15) is 5.82 Å². The maximum Gasteiger partial charge on any atom is 0.114 e.